The van der Waals surface area contributed by atoms with Crippen molar-refractivity contribution in [3.63, 3.8) is 0 Å². The number of likely N-dealkylation sites (tertiary alicyclic amines) is 1. The minimum atomic E-state index is -0.270. The van der Waals surface area contributed by atoms with Crippen molar-refractivity contribution in [1.29, 1.82) is 0 Å². The fourth-order valence-corrected chi connectivity index (χ4v) is 4.83. The molecule has 1 aromatic rings. The maximum absolute atomic E-state index is 10.2. The lowest BCUT2D eigenvalue weighted by molar-refractivity contribution is -0.0293. The maximum Gasteiger partial charge on any atom is 0.0967 e. The number of ether oxygens (including phenoxy) is 1. The molecule has 3 aliphatic rings. The molecule has 24 heavy (non-hydrogen) atoms. The lowest BCUT2D eigenvalue weighted by atomic mass is 9.74. The van der Waals surface area contributed by atoms with Gasteiger partial charge in [-0.05, 0) is 50.5 Å². The minimum absolute atomic E-state index is 0.114. The zero-order valence-corrected chi connectivity index (χ0v) is 14.6. The van der Waals surface area contributed by atoms with E-state index in [-0.39, 0.29) is 12.1 Å². The molecule has 6 heteroatoms. The molecule has 1 N–H and O–H groups in total. The van der Waals surface area contributed by atoms with Crippen molar-refractivity contribution < 1.29 is 9.84 Å². The van der Waals surface area contributed by atoms with Crippen LogP contribution in [-0.4, -0.2) is 57.4 Å². The third-order valence-corrected chi connectivity index (χ3v) is 6.27. The number of piperidine rings is 1. The smallest absolute Gasteiger partial charge is 0.0967 e. The molecule has 0 radical (unpaired) electrons. The minimum Gasteiger partial charge on any atom is -0.391 e. The fourth-order valence-electron chi connectivity index (χ4n) is 4.83. The molecule has 1 aliphatic carbocycles. The van der Waals surface area contributed by atoms with Gasteiger partial charge in [0.15, 0.2) is 0 Å². The van der Waals surface area contributed by atoms with E-state index >= 15 is 0 Å². The van der Waals surface area contributed by atoms with Crippen molar-refractivity contribution in [2.75, 3.05) is 26.3 Å². The van der Waals surface area contributed by atoms with Gasteiger partial charge in [-0.25, -0.2) is 4.68 Å². The number of aliphatic hydroxyl groups is 1. The average molecular weight is 334 g/mol. The van der Waals surface area contributed by atoms with Gasteiger partial charge in [0.2, 0.25) is 0 Å². The van der Waals surface area contributed by atoms with E-state index in [9.17, 15) is 5.11 Å². The van der Waals surface area contributed by atoms with E-state index < -0.39 is 0 Å². The highest BCUT2D eigenvalue weighted by Gasteiger charge is 2.37. The molecule has 1 aromatic heterocycles. The highest BCUT2D eigenvalue weighted by Crippen LogP contribution is 2.39. The Kier molecular flexibility index (Phi) is 4.88. The number of hydrogen-bond acceptors (Lipinski definition) is 5. The van der Waals surface area contributed by atoms with Crippen molar-refractivity contribution in [3.8, 4) is 0 Å². The lowest BCUT2D eigenvalue weighted by Crippen LogP contribution is -2.45. The molecule has 0 aromatic carbocycles. The summed E-state index contributed by atoms with van der Waals surface area (Å²) in [6, 6.07) is 0.114. The Labute approximate surface area is 144 Å². The Morgan fingerprint density at radius 3 is 2.83 bits per heavy atom. The number of hydrogen-bond donors (Lipinski definition) is 1. The van der Waals surface area contributed by atoms with Crippen LogP contribution in [0.4, 0.5) is 0 Å². The van der Waals surface area contributed by atoms with Gasteiger partial charge in [0.1, 0.15) is 0 Å². The second-order valence-electron chi connectivity index (χ2n) is 8.04. The van der Waals surface area contributed by atoms with Crippen molar-refractivity contribution in [2.24, 2.45) is 5.41 Å². The Hall–Kier alpha value is -0.980. The molecule has 2 atom stereocenters. The topological polar surface area (TPSA) is 63.4 Å². The van der Waals surface area contributed by atoms with Crippen LogP contribution >= 0.6 is 0 Å². The molecular formula is C18H30N4O2. The van der Waals surface area contributed by atoms with E-state index in [1.54, 1.807) is 0 Å². The zero-order valence-electron chi connectivity index (χ0n) is 14.6. The van der Waals surface area contributed by atoms with Crippen LogP contribution in [0.25, 0.3) is 0 Å². The van der Waals surface area contributed by atoms with E-state index in [4.69, 9.17) is 4.74 Å². The van der Waals surface area contributed by atoms with Gasteiger partial charge in [0.25, 0.3) is 0 Å². The molecular weight excluding hydrogens is 304 g/mol. The van der Waals surface area contributed by atoms with Gasteiger partial charge in [-0.2, -0.15) is 0 Å². The number of aliphatic hydroxyl groups excluding tert-OH is 1. The molecule has 3 heterocycles. The first-order chi connectivity index (χ1) is 11.7. The fraction of sp³-hybridized carbons (Fsp3) is 0.889. The Morgan fingerprint density at radius 1 is 1.17 bits per heavy atom. The second kappa shape index (κ2) is 7.10. The molecule has 0 amide bonds. The van der Waals surface area contributed by atoms with Gasteiger partial charge in [-0.15, -0.1) is 5.10 Å². The van der Waals surface area contributed by atoms with E-state index in [1.165, 1.54) is 32.1 Å². The lowest BCUT2D eigenvalue weighted by Gasteiger charge is -2.45. The summed E-state index contributed by atoms with van der Waals surface area (Å²) in [4.78, 5) is 2.54. The van der Waals surface area contributed by atoms with Crippen LogP contribution in [0, 0.1) is 5.41 Å². The Morgan fingerprint density at radius 2 is 2.00 bits per heavy atom. The van der Waals surface area contributed by atoms with Crippen LogP contribution in [0.3, 0.4) is 0 Å². The number of rotatable bonds is 3. The van der Waals surface area contributed by atoms with Crippen molar-refractivity contribution in [2.45, 2.75) is 70.1 Å². The van der Waals surface area contributed by atoms with Crippen LogP contribution in [0.5, 0.6) is 0 Å². The summed E-state index contributed by atoms with van der Waals surface area (Å²) in [5.74, 6) is 0. The van der Waals surface area contributed by atoms with Crippen LogP contribution in [-0.2, 0) is 11.3 Å². The first kappa shape index (κ1) is 16.5. The normalized spacial score (nSPS) is 31.4. The molecule has 2 unspecified atom stereocenters. The largest absolute Gasteiger partial charge is 0.391 e. The first-order valence-corrected chi connectivity index (χ1v) is 9.63. The zero-order chi connectivity index (χ0) is 16.4. The first-order valence-electron chi connectivity index (χ1n) is 9.63. The van der Waals surface area contributed by atoms with Crippen molar-refractivity contribution in [3.05, 3.63) is 11.9 Å². The van der Waals surface area contributed by atoms with Crippen LogP contribution in [0.2, 0.25) is 0 Å². The molecule has 6 nitrogen and oxygen atoms in total. The Bertz CT molecular complexity index is 535. The second-order valence-corrected chi connectivity index (χ2v) is 8.04. The summed E-state index contributed by atoms with van der Waals surface area (Å²) in [5, 5.41) is 18.9. The summed E-state index contributed by atoms with van der Waals surface area (Å²) in [5.41, 5.74) is 1.50. The SMILES string of the molecule is OC1CCCCC1n1cc(CN2CCCC3(CCOCC3)C2)nn1. The van der Waals surface area contributed by atoms with Gasteiger partial charge in [0, 0.05) is 26.3 Å². The summed E-state index contributed by atoms with van der Waals surface area (Å²) >= 11 is 0. The highest BCUT2D eigenvalue weighted by molar-refractivity contribution is 4.97. The van der Waals surface area contributed by atoms with Gasteiger partial charge in [0.05, 0.1) is 24.0 Å². The number of aromatic nitrogens is 3. The van der Waals surface area contributed by atoms with Crippen LogP contribution in [0.1, 0.15) is 63.1 Å². The van der Waals surface area contributed by atoms with Crippen molar-refractivity contribution >= 4 is 0 Å². The van der Waals surface area contributed by atoms with E-state index in [0.717, 1.165) is 57.8 Å². The van der Waals surface area contributed by atoms with Crippen molar-refractivity contribution in [1.82, 2.24) is 19.9 Å². The van der Waals surface area contributed by atoms with E-state index in [0.29, 0.717) is 5.41 Å². The van der Waals surface area contributed by atoms with Gasteiger partial charge < -0.3 is 9.84 Å². The molecule has 134 valence electrons. The maximum atomic E-state index is 10.2. The molecule has 4 rings (SSSR count). The number of nitrogens with zero attached hydrogens (tertiary/aromatic N) is 4. The monoisotopic (exact) mass is 334 g/mol. The standard InChI is InChI=1S/C18H30N4O2/c23-17-5-2-1-4-16(17)22-13-15(19-20-22)12-21-9-3-6-18(14-21)7-10-24-11-8-18/h13,16-17,23H,1-12,14H2. The summed E-state index contributed by atoms with van der Waals surface area (Å²) < 4.78 is 7.47. The van der Waals surface area contributed by atoms with Gasteiger partial charge >= 0.3 is 0 Å². The third kappa shape index (κ3) is 3.51. The molecule has 1 saturated carbocycles. The summed E-state index contributed by atoms with van der Waals surface area (Å²) in [6.45, 7) is 5.04. The molecule has 2 aliphatic heterocycles. The summed E-state index contributed by atoms with van der Waals surface area (Å²) in [7, 11) is 0. The van der Waals surface area contributed by atoms with Gasteiger partial charge in [-0.1, -0.05) is 18.1 Å². The van der Waals surface area contributed by atoms with Crippen LogP contribution in [0.15, 0.2) is 6.20 Å². The predicted octanol–water partition coefficient (Wildman–Crippen LogP) is 2.15. The molecule has 1 spiro atoms. The highest BCUT2D eigenvalue weighted by atomic mass is 16.5. The van der Waals surface area contributed by atoms with Gasteiger partial charge in [-0.3, -0.25) is 4.90 Å². The molecule has 2 saturated heterocycles. The van der Waals surface area contributed by atoms with E-state index in [1.807, 2.05) is 4.68 Å². The summed E-state index contributed by atoms with van der Waals surface area (Å²) in [6.07, 6.45) is 11.0. The Balaban J connectivity index is 1.38. The third-order valence-electron chi connectivity index (χ3n) is 6.27. The molecule has 0 bridgehead atoms. The quantitative estimate of drug-likeness (QED) is 0.917. The van der Waals surface area contributed by atoms with E-state index in [2.05, 4.69) is 21.4 Å². The van der Waals surface area contributed by atoms with Crippen LogP contribution < -0.4 is 0 Å². The molecule has 3 fully saturated rings. The predicted molar refractivity (Wildman–Crippen MR) is 90.5 cm³/mol. The average Bonchev–Trinajstić information content (AvgIpc) is 3.04.